The summed E-state index contributed by atoms with van der Waals surface area (Å²) in [5.41, 5.74) is 1.72. The van der Waals surface area contributed by atoms with Gasteiger partial charge in [-0.05, 0) is 41.9 Å². The van der Waals surface area contributed by atoms with Crippen LogP contribution in [-0.2, 0) is 23.1 Å². The summed E-state index contributed by atoms with van der Waals surface area (Å²) in [4.78, 5) is 0. The van der Waals surface area contributed by atoms with Crippen molar-refractivity contribution in [2.24, 2.45) is 5.41 Å². The number of benzene rings is 1. The van der Waals surface area contributed by atoms with E-state index >= 15 is 0 Å². The molecule has 0 aliphatic heterocycles. The zero-order valence-corrected chi connectivity index (χ0v) is 18.8. The molecule has 0 fully saturated rings. The van der Waals surface area contributed by atoms with E-state index in [4.69, 9.17) is 22.4 Å². The van der Waals surface area contributed by atoms with E-state index in [0.717, 1.165) is 12.2 Å². The van der Waals surface area contributed by atoms with E-state index in [2.05, 4.69) is 46.8 Å². The summed E-state index contributed by atoms with van der Waals surface area (Å²) in [6.45, 7) is 13.7. The zero-order chi connectivity index (χ0) is 20.0. The van der Waals surface area contributed by atoms with Gasteiger partial charge in [0.15, 0.2) is 0 Å². The molecule has 0 amide bonds. The first kappa shape index (κ1) is 23.1. The smallest absolute Gasteiger partial charge is 0.491 e. The fraction of sp³-hybridized carbons (Fsp3) is 0.700. The third-order valence-corrected chi connectivity index (χ3v) is 6.38. The molecule has 0 heterocycles. The predicted molar refractivity (Wildman–Crippen MR) is 106 cm³/mol. The molecule has 0 saturated heterocycles. The predicted octanol–water partition coefficient (Wildman–Crippen LogP) is 4.56. The highest BCUT2D eigenvalue weighted by molar-refractivity contribution is 6.53. The lowest BCUT2D eigenvalue weighted by Gasteiger charge is -2.33. The summed E-state index contributed by atoms with van der Waals surface area (Å²) >= 11 is 0. The molecule has 1 aromatic rings. The molecular weight excluding hydrogens is 348 g/mol. The van der Waals surface area contributed by atoms with Crippen LogP contribution in [0.1, 0.15) is 53.5 Å². The lowest BCUT2D eigenvalue weighted by molar-refractivity contribution is -0.0282. The van der Waals surface area contributed by atoms with Gasteiger partial charge >= 0.3 is 9.05 Å². The van der Waals surface area contributed by atoms with Gasteiger partial charge in [0.2, 0.25) is 0 Å². The van der Waals surface area contributed by atoms with Crippen molar-refractivity contribution in [1.29, 1.82) is 0 Å². The van der Waals surface area contributed by atoms with Crippen LogP contribution in [0.15, 0.2) is 24.3 Å². The summed E-state index contributed by atoms with van der Waals surface area (Å²) in [5, 5.41) is 0. The molecule has 1 aromatic carbocycles. The quantitative estimate of drug-likeness (QED) is 0.553. The SMILES string of the molecule is CO[Si](OC)(OC)OC(C)COc1ccc(C(C)(C)CC(C)(C)C)cc1. The molecule has 1 atom stereocenters. The largest absolute Gasteiger partial charge is 0.679 e. The van der Waals surface area contributed by atoms with Gasteiger partial charge in [-0.1, -0.05) is 46.8 Å². The highest BCUT2D eigenvalue weighted by atomic mass is 28.4. The van der Waals surface area contributed by atoms with Crippen molar-refractivity contribution in [3.8, 4) is 5.75 Å². The van der Waals surface area contributed by atoms with Gasteiger partial charge in [0.05, 0.1) is 6.10 Å². The summed E-state index contributed by atoms with van der Waals surface area (Å²) in [5.74, 6) is 0.815. The second-order valence-electron chi connectivity index (χ2n) is 8.50. The van der Waals surface area contributed by atoms with Gasteiger partial charge in [-0.3, -0.25) is 0 Å². The third kappa shape index (κ3) is 7.00. The van der Waals surface area contributed by atoms with Crippen LogP contribution in [0.4, 0.5) is 0 Å². The molecular formula is C20H36O5Si. The Labute approximate surface area is 160 Å². The van der Waals surface area contributed by atoms with E-state index in [1.807, 2.05) is 19.1 Å². The highest BCUT2D eigenvalue weighted by Crippen LogP contribution is 2.36. The molecule has 26 heavy (non-hydrogen) atoms. The molecule has 1 rings (SSSR count). The third-order valence-electron chi connectivity index (χ3n) is 4.19. The molecule has 0 aliphatic rings. The van der Waals surface area contributed by atoms with Gasteiger partial charge in [0.25, 0.3) is 0 Å². The van der Waals surface area contributed by atoms with Gasteiger partial charge in [0.1, 0.15) is 12.4 Å². The molecule has 0 spiro atoms. The molecule has 150 valence electrons. The maximum atomic E-state index is 5.85. The molecule has 0 radical (unpaired) electrons. The van der Waals surface area contributed by atoms with Gasteiger partial charge < -0.3 is 22.4 Å². The Hall–Kier alpha value is -0.923. The topological polar surface area (TPSA) is 46.2 Å². The Morgan fingerprint density at radius 3 is 1.81 bits per heavy atom. The van der Waals surface area contributed by atoms with Crippen LogP contribution in [0.25, 0.3) is 0 Å². The van der Waals surface area contributed by atoms with E-state index in [-0.39, 0.29) is 16.9 Å². The Balaban J connectivity index is 2.65. The van der Waals surface area contributed by atoms with Crippen LogP contribution in [0.5, 0.6) is 5.75 Å². The minimum absolute atomic E-state index is 0.119. The Morgan fingerprint density at radius 2 is 1.38 bits per heavy atom. The average molecular weight is 385 g/mol. The number of rotatable bonds is 10. The Bertz CT molecular complexity index is 524. The molecule has 0 bridgehead atoms. The lowest BCUT2D eigenvalue weighted by atomic mass is 9.72. The standard InChI is InChI=1S/C20H36O5Si/c1-16(25-26(21-7,22-8)23-9)14-24-18-12-10-17(11-13-18)20(5,6)15-19(2,3)4/h10-13,16H,14-15H2,1-9H3. The monoisotopic (exact) mass is 384 g/mol. The van der Waals surface area contributed by atoms with Crippen LogP contribution < -0.4 is 4.74 Å². The van der Waals surface area contributed by atoms with Crippen LogP contribution in [0, 0.1) is 5.41 Å². The fourth-order valence-electron chi connectivity index (χ4n) is 3.32. The van der Waals surface area contributed by atoms with E-state index in [0.29, 0.717) is 6.61 Å². The summed E-state index contributed by atoms with van der Waals surface area (Å²) in [7, 11) is 1.50. The minimum Gasteiger partial charge on any atom is -0.491 e. The highest BCUT2D eigenvalue weighted by Gasteiger charge is 2.44. The first-order valence-corrected chi connectivity index (χ1v) is 10.7. The molecule has 0 N–H and O–H groups in total. The van der Waals surface area contributed by atoms with Crippen LogP contribution >= 0.6 is 0 Å². The van der Waals surface area contributed by atoms with Crippen molar-refractivity contribution in [3.63, 3.8) is 0 Å². The van der Waals surface area contributed by atoms with E-state index in [9.17, 15) is 0 Å². The van der Waals surface area contributed by atoms with Crippen LogP contribution in [-0.4, -0.2) is 43.1 Å². The summed E-state index contributed by atoms with van der Waals surface area (Å²) in [6.07, 6.45) is 0.890. The van der Waals surface area contributed by atoms with Gasteiger partial charge in [-0.15, -0.1) is 0 Å². The second kappa shape index (κ2) is 9.33. The first-order chi connectivity index (χ1) is 12.0. The van der Waals surface area contributed by atoms with Crippen molar-refractivity contribution in [2.75, 3.05) is 27.9 Å². The van der Waals surface area contributed by atoms with Crippen molar-refractivity contribution in [1.82, 2.24) is 0 Å². The molecule has 6 heteroatoms. The van der Waals surface area contributed by atoms with Crippen molar-refractivity contribution in [3.05, 3.63) is 29.8 Å². The van der Waals surface area contributed by atoms with E-state index in [1.165, 1.54) is 26.9 Å². The van der Waals surface area contributed by atoms with Crippen molar-refractivity contribution >= 4 is 9.05 Å². The van der Waals surface area contributed by atoms with Crippen LogP contribution in [0.2, 0.25) is 0 Å². The molecule has 5 nitrogen and oxygen atoms in total. The Kier molecular flexibility index (Phi) is 8.29. The van der Waals surface area contributed by atoms with Gasteiger partial charge in [0, 0.05) is 21.3 Å². The van der Waals surface area contributed by atoms with Crippen LogP contribution in [0.3, 0.4) is 0 Å². The number of hydrogen-bond acceptors (Lipinski definition) is 5. The van der Waals surface area contributed by atoms with Crippen molar-refractivity contribution in [2.45, 2.75) is 59.5 Å². The maximum Gasteiger partial charge on any atom is 0.679 e. The number of ether oxygens (including phenoxy) is 1. The lowest BCUT2D eigenvalue weighted by Crippen LogP contribution is -2.49. The molecule has 0 saturated carbocycles. The summed E-state index contributed by atoms with van der Waals surface area (Å²) < 4.78 is 27.4. The Morgan fingerprint density at radius 1 is 0.885 bits per heavy atom. The number of hydrogen-bond donors (Lipinski definition) is 0. The minimum atomic E-state index is -3.06. The normalized spacial score (nSPS) is 14.3. The molecule has 1 unspecified atom stereocenters. The van der Waals surface area contributed by atoms with E-state index in [1.54, 1.807) is 0 Å². The fourth-order valence-corrected chi connectivity index (χ4v) is 4.67. The van der Waals surface area contributed by atoms with Crippen molar-refractivity contribution < 1.29 is 22.4 Å². The maximum absolute atomic E-state index is 5.85. The van der Waals surface area contributed by atoms with Gasteiger partial charge in [-0.2, -0.15) is 0 Å². The summed E-state index contributed by atoms with van der Waals surface area (Å²) in [6, 6.07) is 8.32. The average Bonchev–Trinajstić information content (AvgIpc) is 2.56. The second-order valence-corrected chi connectivity index (χ2v) is 11.0. The molecule has 0 aromatic heterocycles. The van der Waals surface area contributed by atoms with E-state index < -0.39 is 9.05 Å². The molecule has 0 aliphatic carbocycles. The first-order valence-electron chi connectivity index (χ1n) is 9.03. The zero-order valence-electron chi connectivity index (χ0n) is 17.8. The van der Waals surface area contributed by atoms with Gasteiger partial charge in [-0.25, -0.2) is 0 Å².